The Hall–Kier alpha value is -2.43. The van der Waals surface area contributed by atoms with E-state index in [-0.39, 0.29) is 11.3 Å². The van der Waals surface area contributed by atoms with Gasteiger partial charge in [0.15, 0.2) is 0 Å². The van der Waals surface area contributed by atoms with E-state index < -0.39 is 32.0 Å². The molecule has 0 unspecified atom stereocenters. The highest BCUT2D eigenvalue weighted by molar-refractivity contribution is 7.92. The summed E-state index contributed by atoms with van der Waals surface area (Å²) in [6.07, 6.45) is 1.32. The van der Waals surface area contributed by atoms with Gasteiger partial charge in [-0.3, -0.25) is 9.10 Å². The van der Waals surface area contributed by atoms with Crippen LogP contribution in [0.15, 0.2) is 47.4 Å². The van der Waals surface area contributed by atoms with Crippen LogP contribution in [-0.2, 0) is 24.8 Å². The van der Waals surface area contributed by atoms with E-state index in [1.807, 2.05) is 19.9 Å². The standard InChI is InChI=1S/C23H33N3O5S2/c1-7-22(26(32(6,28)29)20-13-10-17(4)18(5)16-20)23(27)24-19-11-14-21(15-12-19)33(30,31)25(8-2)9-3/h10-16,22H,7-9H2,1-6H3,(H,24,27)/t22-/m0/s1. The van der Waals surface area contributed by atoms with Gasteiger partial charge in [-0.1, -0.05) is 26.8 Å². The van der Waals surface area contributed by atoms with Gasteiger partial charge in [-0.05, 0) is 67.8 Å². The van der Waals surface area contributed by atoms with Crippen molar-refractivity contribution < 1.29 is 21.6 Å². The van der Waals surface area contributed by atoms with Crippen molar-refractivity contribution in [2.45, 2.75) is 52.0 Å². The molecule has 0 aliphatic rings. The summed E-state index contributed by atoms with van der Waals surface area (Å²) in [5.41, 5.74) is 2.74. The van der Waals surface area contributed by atoms with Crippen LogP contribution in [0.25, 0.3) is 0 Å². The first-order valence-corrected chi connectivity index (χ1v) is 14.1. The molecule has 0 radical (unpaired) electrons. The second-order valence-electron chi connectivity index (χ2n) is 7.85. The number of carbonyl (C=O) groups excluding carboxylic acids is 1. The number of carbonyl (C=O) groups is 1. The SMILES string of the molecule is CC[C@@H](C(=O)Nc1ccc(S(=O)(=O)N(CC)CC)cc1)N(c1ccc(C)c(C)c1)S(C)(=O)=O. The van der Waals surface area contributed by atoms with Crippen LogP contribution in [0.4, 0.5) is 11.4 Å². The summed E-state index contributed by atoms with van der Waals surface area (Å²) in [6, 6.07) is 10.2. The fourth-order valence-corrected chi connectivity index (χ4v) is 6.23. The van der Waals surface area contributed by atoms with E-state index >= 15 is 0 Å². The fourth-order valence-electron chi connectivity index (χ4n) is 3.57. The summed E-state index contributed by atoms with van der Waals surface area (Å²) in [4.78, 5) is 13.2. The maximum atomic E-state index is 13.1. The van der Waals surface area contributed by atoms with E-state index in [1.54, 1.807) is 32.9 Å². The van der Waals surface area contributed by atoms with Crippen LogP contribution in [-0.4, -0.2) is 52.4 Å². The average molecular weight is 496 g/mol. The van der Waals surface area contributed by atoms with Gasteiger partial charge in [-0.15, -0.1) is 0 Å². The van der Waals surface area contributed by atoms with E-state index in [4.69, 9.17) is 0 Å². The van der Waals surface area contributed by atoms with Crippen molar-refractivity contribution >= 4 is 37.3 Å². The molecule has 2 aromatic rings. The molecule has 0 fully saturated rings. The number of nitrogens with one attached hydrogen (secondary N) is 1. The zero-order chi connectivity index (χ0) is 25.0. The van der Waals surface area contributed by atoms with Crippen LogP contribution in [0.2, 0.25) is 0 Å². The minimum absolute atomic E-state index is 0.129. The molecule has 33 heavy (non-hydrogen) atoms. The molecule has 1 N–H and O–H groups in total. The van der Waals surface area contributed by atoms with Gasteiger partial charge in [0, 0.05) is 18.8 Å². The average Bonchev–Trinajstić information content (AvgIpc) is 2.74. The van der Waals surface area contributed by atoms with Gasteiger partial charge in [0.2, 0.25) is 26.0 Å². The molecular weight excluding hydrogens is 462 g/mol. The number of sulfonamides is 2. The van der Waals surface area contributed by atoms with E-state index in [2.05, 4.69) is 5.32 Å². The van der Waals surface area contributed by atoms with Gasteiger partial charge in [-0.25, -0.2) is 16.8 Å². The lowest BCUT2D eigenvalue weighted by molar-refractivity contribution is -0.117. The molecule has 182 valence electrons. The largest absolute Gasteiger partial charge is 0.324 e. The highest BCUT2D eigenvalue weighted by Crippen LogP contribution is 2.26. The summed E-state index contributed by atoms with van der Waals surface area (Å²) in [5, 5.41) is 2.72. The number of benzene rings is 2. The predicted molar refractivity (Wildman–Crippen MR) is 132 cm³/mol. The Morgan fingerprint density at radius 2 is 1.48 bits per heavy atom. The number of rotatable bonds is 10. The second kappa shape index (κ2) is 10.7. The zero-order valence-electron chi connectivity index (χ0n) is 20.0. The van der Waals surface area contributed by atoms with Crippen molar-refractivity contribution in [1.29, 1.82) is 0 Å². The van der Waals surface area contributed by atoms with Crippen molar-refractivity contribution in [2.75, 3.05) is 29.0 Å². The van der Waals surface area contributed by atoms with Crippen molar-refractivity contribution in [2.24, 2.45) is 0 Å². The number of hydrogen-bond acceptors (Lipinski definition) is 5. The number of nitrogens with zero attached hydrogens (tertiary/aromatic N) is 2. The highest BCUT2D eigenvalue weighted by atomic mass is 32.2. The summed E-state index contributed by atoms with van der Waals surface area (Å²) in [7, 11) is -7.36. The van der Waals surface area contributed by atoms with Crippen molar-refractivity contribution in [3.63, 3.8) is 0 Å². The molecule has 0 aromatic heterocycles. The molecule has 0 heterocycles. The molecule has 2 aromatic carbocycles. The summed E-state index contributed by atoms with van der Waals surface area (Å²) in [6.45, 7) is 9.80. The van der Waals surface area contributed by atoms with Gasteiger partial charge in [0.25, 0.3) is 0 Å². The van der Waals surface area contributed by atoms with E-state index in [1.165, 1.54) is 28.6 Å². The van der Waals surface area contributed by atoms with Gasteiger partial charge in [0.05, 0.1) is 16.8 Å². The third-order valence-corrected chi connectivity index (χ3v) is 8.78. The Morgan fingerprint density at radius 1 is 0.909 bits per heavy atom. The maximum Gasteiger partial charge on any atom is 0.248 e. The van der Waals surface area contributed by atoms with Crippen molar-refractivity contribution in [3.8, 4) is 0 Å². The Bertz CT molecular complexity index is 1190. The molecular formula is C23H33N3O5S2. The number of amides is 1. The Morgan fingerprint density at radius 3 is 1.94 bits per heavy atom. The lowest BCUT2D eigenvalue weighted by Crippen LogP contribution is -2.47. The predicted octanol–water partition coefficient (Wildman–Crippen LogP) is 3.52. The Balaban J connectivity index is 2.33. The monoisotopic (exact) mass is 495 g/mol. The molecule has 0 saturated heterocycles. The molecule has 8 nitrogen and oxygen atoms in total. The minimum atomic E-state index is -3.75. The smallest absolute Gasteiger partial charge is 0.248 e. The van der Waals surface area contributed by atoms with Crippen LogP contribution in [0.1, 0.15) is 38.3 Å². The molecule has 0 bridgehead atoms. The number of aryl methyl sites for hydroxylation is 2. The lowest BCUT2D eigenvalue weighted by Gasteiger charge is -2.30. The summed E-state index contributed by atoms with van der Waals surface area (Å²) in [5.74, 6) is -0.500. The molecule has 0 aliphatic heterocycles. The minimum Gasteiger partial charge on any atom is -0.324 e. The van der Waals surface area contributed by atoms with E-state index in [9.17, 15) is 21.6 Å². The van der Waals surface area contributed by atoms with Crippen LogP contribution in [0.5, 0.6) is 0 Å². The van der Waals surface area contributed by atoms with Crippen molar-refractivity contribution in [3.05, 3.63) is 53.6 Å². The first-order chi connectivity index (χ1) is 15.4. The summed E-state index contributed by atoms with van der Waals surface area (Å²) >= 11 is 0. The molecule has 0 spiro atoms. The lowest BCUT2D eigenvalue weighted by atomic mass is 10.1. The first-order valence-electron chi connectivity index (χ1n) is 10.8. The van der Waals surface area contributed by atoms with Crippen LogP contribution in [0.3, 0.4) is 0 Å². The summed E-state index contributed by atoms with van der Waals surface area (Å²) < 4.78 is 53.1. The van der Waals surface area contributed by atoms with Crippen LogP contribution >= 0.6 is 0 Å². The normalized spacial score (nSPS) is 13.1. The van der Waals surface area contributed by atoms with Gasteiger partial charge in [0.1, 0.15) is 6.04 Å². The molecule has 10 heteroatoms. The maximum absolute atomic E-state index is 13.1. The van der Waals surface area contributed by atoms with Gasteiger partial charge < -0.3 is 5.32 Å². The van der Waals surface area contributed by atoms with Crippen LogP contribution < -0.4 is 9.62 Å². The molecule has 2 rings (SSSR count). The quantitative estimate of drug-likeness (QED) is 0.543. The third-order valence-electron chi connectivity index (χ3n) is 5.54. The van der Waals surface area contributed by atoms with E-state index in [0.29, 0.717) is 24.5 Å². The van der Waals surface area contributed by atoms with E-state index in [0.717, 1.165) is 21.7 Å². The number of anilines is 2. The second-order valence-corrected chi connectivity index (χ2v) is 11.7. The molecule has 1 atom stereocenters. The topological polar surface area (TPSA) is 104 Å². The highest BCUT2D eigenvalue weighted by Gasteiger charge is 2.32. The van der Waals surface area contributed by atoms with Crippen LogP contribution in [0, 0.1) is 13.8 Å². The first kappa shape index (κ1) is 26.8. The number of hydrogen-bond donors (Lipinski definition) is 1. The molecule has 0 saturated carbocycles. The fraction of sp³-hybridized carbons (Fsp3) is 0.435. The third kappa shape index (κ3) is 6.13. The molecule has 1 amide bonds. The van der Waals surface area contributed by atoms with Gasteiger partial charge >= 0.3 is 0 Å². The Labute approximate surface area is 197 Å². The van der Waals surface area contributed by atoms with Crippen molar-refractivity contribution in [1.82, 2.24) is 4.31 Å². The molecule has 0 aliphatic carbocycles. The Kier molecular flexibility index (Phi) is 8.67. The van der Waals surface area contributed by atoms with Gasteiger partial charge in [-0.2, -0.15) is 4.31 Å². The zero-order valence-corrected chi connectivity index (χ0v) is 21.6.